The summed E-state index contributed by atoms with van der Waals surface area (Å²) in [5.74, 6) is 0.897. The van der Waals surface area contributed by atoms with Crippen LogP contribution in [0.5, 0.6) is 0 Å². The van der Waals surface area contributed by atoms with Crippen LogP contribution in [0.3, 0.4) is 0 Å². The molecule has 0 amide bonds. The molecule has 0 bridgehead atoms. The molecule has 1 aromatic carbocycles. The molecule has 1 aliphatic rings. The van der Waals surface area contributed by atoms with Gasteiger partial charge in [-0.1, -0.05) is 45.0 Å². The van der Waals surface area contributed by atoms with Crippen LogP contribution in [0.15, 0.2) is 24.3 Å². The van der Waals surface area contributed by atoms with Crippen LogP contribution in [0.1, 0.15) is 63.0 Å². The van der Waals surface area contributed by atoms with Gasteiger partial charge in [0.05, 0.1) is 6.07 Å². The molecule has 0 N–H and O–H groups in total. The minimum absolute atomic E-state index is 0.0203. The second-order valence-corrected chi connectivity index (χ2v) is 6.08. The summed E-state index contributed by atoms with van der Waals surface area (Å²) in [6.07, 6.45) is 3.64. The molecule has 20 heavy (non-hydrogen) atoms. The number of nitriles is 1. The van der Waals surface area contributed by atoms with Crippen LogP contribution in [0.4, 0.5) is 0 Å². The van der Waals surface area contributed by atoms with Crippen molar-refractivity contribution >= 4 is 0 Å². The van der Waals surface area contributed by atoms with Gasteiger partial charge in [0.25, 0.3) is 0 Å². The van der Waals surface area contributed by atoms with E-state index in [1.54, 1.807) is 0 Å². The van der Waals surface area contributed by atoms with Crippen molar-refractivity contribution in [3.63, 3.8) is 0 Å². The standard InChI is InChI=1S/C18H26N2/c1-4-14(2)16-7-9-17(10-8-16)15(3)18(13-19)20-11-5-6-12-20/h7-10,14-15,18H,4-6,11-12H2,1-3H3. The van der Waals surface area contributed by atoms with Crippen molar-refractivity contribution in [3.8, 4) is 6.07 Å². The largest absolute Gasteiger partial charge is 0.288 e. The number of likely N-dealkylation sites (tertiary alicyclic amines) is 1. The normalized spacial score (nSPS) is 20.3. The Balaban J connectivity index is 2.11. The van der Waals surface area contributed by atoms with E-state index in [2.05, 4.69) is 56.0 Å². The molecule has 0 aliphatic carbocycles. The van der Waals surface area contributed by atoms with E-state index in [1.807, 2.05) is 0 Å². The first kappa shape index (κ1) is 15.1. The van der Waals surface area contributed by atoms with Crippen molar-refractivity contribution < 1.29 is 0 Å². The highest BCUT2D eigenvalue weighted by molar-refractivity contribution is 5.29. The summed E-state index contributed by atoms with van der Waals surface area (Å²) < 4.78 is 0. The quantitative estimate of drug-likeness (QED) is 0.798. The molecular formula is C18H26N2. The zero-order valence-electron chi connectivity index (χ0n) is 13.0. The van der Waals surface area contributed by atoms with Gasteiger partial charge in [-0.2, -0.15) is 5.26 Å². The maximum absolute atomic E-state index is 9.51. The van der Waals surface area contributed by atoms with Gasteiger partial charge in [0, 0.05) is 5.92 Å². The predicted molar refractivity (Wildman–Crippen MR) is 83.8 cm³/mol. The Labute approximate surface area is 123 Å². The molecule has 1 fully saturated rings. The lowest BCUT2D eigenvalue weighted by Gasteiger charge is -2.27. The molecule has 0 saturated carbocycles. The molecular weight excluding hydrogens is 244 g/mol. The Hall–Kier alpha value is -1.33. The summed E-state index contributed by atoms with van der Waals surface area (Å²) in [4.78, 5) is 2.34. The molecule has 1 heterocycles. The van der Waals surface area contributed by atoms with E-state index in [1.165, 1.54) is 30.4 Å². The lowest BCUT2D eigenvalue weighted by Crippen LogP contribution is -2.35. The molecule has 0 radical (unpaired) electrons. The highest BCUT2D eigenvalue weighted by atomic mass is 15.2. The third-order valence-corrected chi connectivity index (χ3v) is 4.78. The fraction of sp³-hybridized carbons (Fsp3) is 0.611. The fourth-order valence-corrected chi connectivity index (χ4v) is 3.08. The van der Waals surface area contributed by atoms with Crippen LogP contribution in [-0.2, 0) is 0 Å². The number of hydrogen-bond donors (Lipinski definition) is 0. The molecule has 0 aromatic heterocycles. The summed E-state index contributed by atoms with van der Waals surface area (Å²) in [6.45, 7) is 8.83. The Morgan fingerprint density at radius 2 is 1.65 bits per heavy atom. The average Bonchev–Trinajstić information content (AvgIpc) is 3.01. The Bertz CT molecular complexity index is 451. The topological polar surface area (TPSA) is 27.0 Å². The van der Waals surface area contributed by atoms with Crippen LogP contribution < -0.4 is 0 Å². The molecule has 3 unspecified atom stereocenters. The van der Waals surface area contributed by atoms with E-state index < -0.39 is 0 Å². The van der Waals surface area contributed by atoms with Gasteiger partial charge in [-0.25, -0.2) is 0 Å². The van der Waals surface area contributed by atoms with Crippen LogP contribution in [0.2, 0.25) is 0 Å². The molecule has 1 aromatic rings. The second kappa shape index (κ2) is 6.90. The third kappa shape index (κ3) is 3.22. The van der Waals surface area contributed by atoms with Crippen molar-refractivity contribution in [3.05, 3.63) is 35.4 Å². The van der Waals surface area contributed by atoms with E-state index in [0.717, 1.165) is 13.1 Å². The van der Waals surface area contributed by atoms with Crippen molar-refractivity contribution in [2.24, 2.45) is 0 Å². The maximum Gasteiger partial charge on any atom is 0.104 e. The smallest absolute Gasteiger partial charge is 0.104 e. The maximum atomic E-state index is 9.51. The van der Waals surface area contributed by atoms with Gasteiger partial charge >= 0.3 is 0 Å². The van der Waals surface area contributed by atoms with Gasteiger partial charge in [-0.15, -0.1) is 0 Å². The summed E-state index contributed by atoms with van der Waals surface area (Å²) in [5.41, 5.74) is 2.69. The van der Waals surface area contributed by atoms with E-state index in [4.69, 9.17) is 0 Å². The van der Waals surface area contributed by atoms with E-state index >= 15 is 0 Å². The van der Waals surface area contributed by atoms with Gasteiger partial charge < -0.3 is 0 Å². The summed E-state index contributed by atoms with van der Waals surface area (Å²) in [6, 6.07) is 11.4. The van der Waals surface area contributed by atoms with Crippen LogP contribution in [0.25, 0.3) is 0 Å². The van der Waals surface area contributed by atoms with Gasteiger partial charge in [-0.3, -0.25) is 4.90 Å². The minimum atomic E-state index is 0.0203. The first-order valence-corrected chi connectivity index (χ1v) is 7.91. The molecule has 2 rings (SSSR count). The van der Waals surface area contributed by atoms with Gasteiger partial charge in [0.2, 0.25) is 0 Å². The Kier molecular flexibility index (Phi) is 5.20. The van der Waals surface area contributed by atoms with Crippen LogP contribution in [-0.4, -0.2) is 24.0 Å². The second-order valence-electron chi connectivity index (χ2n) is 6.08. The zero-order valence-corrected chi connectivity index (χ0v) is 13.0. The van der Waals surface area contributed by atoms with E-state index in [-0.39, 0.29) is 12.0 Å². The zero-order chi connectivity index (χ0) is 14.5. The van der Waals surface area contributed by atoms with Gasteiger partial charge in [-0.05, 0) is 49.4 Å². The molecule has 1 aliphatic heterocycles. The van der Waals surface area contributed by atoms with Crippen molar-refractivity contribution in [2.75, 3.05) is 13.1 Å². The summed E-state index contributed by atoms with van der Waals surface area (Å²) >= 11 is 0. The Morgan fingerprint density at radius 1 is 1.10 bits per heavy atom. The molecule has 0 spiro atoms. The van der Waals surface area contributed by atoms with E-state index in [9.17, 15) is 5.26 Å². The Morgan fingerprint density at radius 3 is 2.15 bits per heavy atom. The number of hydrogen-bond acceptors (Lipinski definition) is 2. The highest BCUT2D eigenvalue weighted by Gasteiger charge is 2.27. The van der Waals surface area contributed by atoms with Crippen molar-refractivity contribution in [1.29, 1.82) is 5.26 Å². The lowest BCUT2D eigenvalue weighted by atomic mass is 9.90. The van der Waals surface area contributed by atoms with E-state index in [0.29, 0.717) is 5.92 Å². The first-order valence-electron chi connectivity index (χ1n) is 7.91. The molecule has 2 heteroatoms. The third-order valence-electron chi connectivity index (χ3n) is 4.78. The highest BCUT2D eigenvalue weighted by Crippen LogP contribution is 2.27. The summed E-state index contributed by atoms with van der Waals surface area (Å²) in [7, 11) is 0. The number of nitrogens with zero attached hydrogens (tertiary/aromatic N) is 2. The predicted octanol–water partition coefficient (Wildman–Crippen LogP) is 4.29. The molecule has 3 atom stereocenters. The summed E-state index contributed by atoms with van der Waals surface area (Å²) in [5, 5.41) is 9.51. The lowest BCUT2D eigenvalue weighted by molar-refractivity contribution is 0.263. The monoisotopic (exact) mass is 270 g/mol. The van der Waals surface area contributed by atoms with Gasteiger partial charge in [0.15, 0.2) is 0 Å². The average molecular weight is 270 g/mol. The first-order chi connectivity index (χ1) is 9.67. The van der Waals surface area contributed by atoms with Crippen LogP contribution >= 0.6 is 0 Å². The molecule has 2 nitrogen and oxygen atoms in total. The minimum Gasteiger partial charge on any atom is -0.288 e. The fourth-order valence-electron chi connectivity index (χ4n) is 3.08. The molecule has 1 saturated heterocycles. The number of benzene rings is 1. The molecule has 108 valence electrons. The van der Waals surface area contributed by atoms with Crippen molar-refractivity contribution in [2.45, 2.75) is 57.9 Å². The van der Waals surface area contributed by atoms with Crippen LogP contribution in [0, 0.1) is 11.3 Å². The number of rotatable bonds is 5. The van der Waals surface area contributed by atoms with Crippen molar-refractivity contribution in [1.82, 2.24) is 4.90 Å². The van der Waals surface area contributed by atoms with Gasteiger partial charge in [0.1, 0.15) is 6.04 Å². The SMILES string of the molecule is CCC(C)c1ccc(C(C)C(C#N)N2CCCC2)cc1.